The molecule has 0 saturated carbocycles. The van der Waals surface area contributed by atoms with Crippen LogP contribution in [0.5, 0.6) is 0 Å². The lowest BCUT2D eigenvalue weighted by atomic mass is 10.2. The highest BCUT2D eigenvalue weighted by Crippen LogP contribution is 2.31. The molecule has 1 fully saturated rings. The van der Waals surface area contributed by atoms with Gasteiger partial charge in [0.2, 0.25) is 0 Å². The van der Waals surface area contributed by atoms with Crippen molar-refractivity contribution in [2.75, 3.05) is 24.9 Å². The van der Waals surface area contributed by atoms with Gasteiger partial charge in [-0.2, -0.15) is 13.2 Å². The number of sulfonamides is 1. The van der Waals surface area contributed by atoms with Crippen molar-refractivity contribution < 1.29 is 31.1 Å². The maximum Gasteiger partial charge on any atom is 0.416 e. The Hall–Kier alpha value is -2.30. The summed E-state index contributed by atoms with van der Waals surface area (Å²) in [7, 11) is -2.71. The highest BCUT2D eigenvalue weighted by Gasteiger charge is 2.31. The first-order valence-electron chi connectivity index (χ1n) is 9.34. The highest BCUT2D eigenvalue weighted by atomic mass is 35.5. The molecule has 2 aromatic carbocycles. The molecule has 1 saturated heterocycles. The number of hydrogen-bond acceptors (Lipinski definition) is 4. The molecule has 11 heteroatoms. The zero-order valence-electron chi connectivity index (χ0n) is 16.4. The van der Waals surface area contributed by atoms with Gasteiger partial charge in [0.25, 0.3) is 15.9 Å². The smallest absolute Gasteiger partial charge is 0.376 e. The lowest BCUT2D eigenvalue weighted by Gasteiger charge is -2.21. The van der Waals surface area contributed by atoms with Crippen LogP contribution in [0.25, 0.3) is 0 Å². The zero-order valence-corrected chi connectivity index (χ0v) is 18.0. The van der Waals surface area contributed by atoms with E-state index >= 15 is 0 Å². The molecule has 2 aromatic rings. The molecule has 31 heavy (non-hydrogen) atoms. The maximum absolute atomic E-state index is 12.9. The molecule has 0 aliphatic carbocycles. The SMILES string of the molecule is CN(CC1CCCO1)C(=O)c1cc(S(=O)(=O)Nc2cccc(C(F)(F)F)c2)ccc1Cl. The lowest BCUT2D eigenvalue weighted by Crippen LogP contribution is -2.34. The fourth-order valence-corrected chi connectivity index (χ4v) is 4.46. The summed E-state index contributed by atoms with van der Waals surface area (Å²) >= 11 is 6.11. The van der Waals surface area contributed by atoms with Gasteiger partial charge < -0.3 is 9.64 Å². The molecular weight excluding hydrogens is 457 g/mol. The summed E-state index contributed by atoms with van der Waals surface area (Å²) in [5, 5.41) is 0.0576. The summed E-state index contributed by atoms with van der Waals surface area (Å²) in [5.41, 5.74) is -1.28. The van der Waals surface area contributed by atoms with E-state index in [-0.39, 0.29) is 27.3 Å². The van der Waals surface area contributed by atoms with E-state index in [2.05, 4.69) is 4.72 Å². The number of nitrogens with one attached hydrogen (secondary N) is 1. The molecule has 1 heterocycles. The summed E-state index contributed by atoms with van der Waals surface area (Å²) in [6, 6.07) is 7.36. The van der Waals surface area contributed by atoms with Crippen LogP contribution >= 0.6 is 11.6 Å². The number of amides is 1. The third kappa shape index (κ3) is 5.69. The lowest BCUT2D eigenvalue weighted by molar-refractivity contribution is -0.137. The number of likely N-dealkylation sites (N-methyl/N-ethyl adjacent to an activating group) is 1. The fraction of sp³-hybridized carbons (Fsp3) is 0.350. The van der Waals surface area contributed by atoms with E-state index in [4.69, 9.17) is 16.3 Å². The number of anilines is 1. The molecule has 3 rings (SSSR count). The van der Waals surface area contributed by atoms with Crippen molar-refractivity contribution in [2.24, 2.45) is 0 Å². The van der Waals surface area contributed by atoms with Gasteiger partial charge in [0.1, 0.15) is 0 Å². The minimum absolute atomic E-state index is 0.0333. The van der Waals surface area contributed by atoms with Crippen molar-refractivity contribution >= 4 is 33.2 Å². The molecule has 1 unspecified atom stereocenters. The van der Waals surface area contributed by atoms with Crippen molar-refractivity contribution in [3.63, 3.8) is 0 Å². The zero-order chi connectivity index (χ0) is 22.8. The largest absolute Gasteiger partial charge is 0.416 e. The van der Waals surface area contributed by atoms with Gasteiger partial charge in [0.15, 0.2) is 0 Å². The number of alkyl halides is 3. The Balaban J connectivity index is 1.83. The van der Waals surface area contributed by atoms with Crippen LogP contribution in [0.2, 0.25) is 5.02 Å². The Morgan fingerprint density at radius 2 is 2.00 bits per heavy atom. The van der Waals surface area contributed by atoms with E-state index in [0.29, 0.717) is 19.2 Å². The average molecular weight is 477 g/mol. The molecular formula is C20H20ClF3N2O4S. The first-order chi connectivity index (χ1) is 14.5. The van der Waals surface area contributed by atoms with Gasteiger partial charge in [-0.1, -0.05) is 17.7 Å². The molecule has 0 radical (unpaired) electrons. The molecule has 1 aliphatic heterocycles. The molecule has 0 spiro atoms. The second kappa shape index (κ2) is 9.05. The Kier molecular flexibility index (Phi) is 6.82. The van der Waals surface area contributed by atoms with Gasteiger partial charge >= 0.3 is 6.18 Å². The van der Waals surface area contributed by atoms with Crippen molar-refractivity contribution in [3.05, 3.63) is 58.6 Å². The molecule has 168 valence electrons. The van der Waals surface area contributed by atoms with Gasteiger partial charge in [0, 0.05) is 25.9 Å². The van der Waals surface area contributed by atoms with E-state index < -0.39 is 27.7 Å². The normalized spacial score (nSPS) is 16.9. The minimum Gasteiger partial charge on any atom is -0.376 e. The van der Waals surface area contributed by atoms with Crippen LogP contribution < -0.4 is 4.72 Å². The third-order valence-electron chi connectivity index (χ3n) is 4.77. The van der Waals surface area contributed by atoms with E-state index in [0.717, 1.165) is 31.0 Å². The molecule has 1 atom stereocenters. The average Bonchev–Trinajstić information content (AvgIpc) is 3.20. The highest BCUT2D eigenvalue weighted by molar-refractivity contribution is 7.92. The van der Waals surface area contributed by atoms with Gasteiger partial charge in [-0.05, 0) is 49.2 Å². The predicted octanol–water partition coefficient (Wildman–Crippen LogP) is 4.41. The van der Waals surface area contributed by atoms with Crippen molar-refractivity contribution in [1.29, 1.82) is 0 Å². The summed E-state index contributed by atoms with van der Waals surface area (Å²) in [6.45, 7) is 0.955. The third-order valence-corrected chi connectivity index (χ3v) is 6.48. The second-order valence-corrected chi connectivity index (χ2v) is 9.24. The predicted molar refractivity (Wildman–Crippen MR) is 110 cm³/mol. The van der Waals surface area contributed by atoms with Crippen molar-refractivity contribution in [1.82, 2.24) is 4.90 Å². The van der Waals surface area contributed by atoms with Gasteiger partial charge in [-0.25, -0.2) is 8.42 Å². The summed E-state index contributed by atoms with van der Waals surface area (Å²) in [4.78, 5) is 13.9. The Bertz CT molecular complexity index is 1070. The maximum atomic E-state index is 12.9. The van der Waals surface area contributed by atoms with E-state index in [1.807, 2.05) is 0 Å². The van der Waals surface area contributed by atoms with Crippen LogP contribution in [0.15, 0.2) is 47.4 Å². The van der Waals surface area contributed by atoms with Crippen molar-refractivity contribution in [2.45, 2.75) is 30.0 Å². The summed E-state index contributed by atoms with van der Waals surface area (Å²) in [5.74, 6) is -0.489. The molecule has 0 aromatic heterocycles. The second-order valence-electron chi connectivity index (χ2n) is 7.15. The number of carbonyl (C=O) groups excluding carboxylic acids is 1. The quantitative estimate of drug-likeness (QED) is 0.670. The number of nitrogens with zero attached hydrogens (tertiary/aromatic N) is 1. The standard InChI is InChI=1S/C20H20ClF3N2O4S/c1-26(12-15-6-3-9-30-15)19(27)17-11-16(7-8-18(17)21)31(28,29)25-14-5-2-4-13(10-14)20(22,23)24/h2,4-5,7-8,10-11,15,25H,3,6,9,12H2,1H3. The molecule has 6 nitrogen and oxygen atoms in total. The first-order valence-corrected chi connectivity index (χ1v) is 11.2. The Morgan fingerprint density at radius 1 is 1.26 bits per heavy atom. The van der Waals surface area contributed by atoms with E-state index in [1.165, 1.54) is 23.1 Å². The Morgan fingerprint density at radius 3 is 2.65 bits per heavy atom. The van der Waals surface area contributed by atoms with E-state index in [1.54, 1.807) is 7.05 Å². The molecule has 1 N–H and O–H groups in total. The number of benzene rings is 2. The fourth-order valence-electron chi connectivity index (χ4n) is 3.19. The Labute approximate surface area is 183 Å². The number of hydrogen-bond donors (Lipinski definition) is 1. The van der Waals surface area contributed by atoms with Gasteiger partial charge in [-0.15, -0.1) is 0 Å². The van der Waals surface area contributed by atoms with Crippen molar-refractivity contribution in [3.8, 4) is 0 Å². The summed E-state index contributed by atoms with van der Waals surface area (Å²) in [6.07, 6.45) is -2.99. The van der Waals surface area contributed by atoms with Crippen LogP contribution in [0.1, 0.15) is 28.8 Å². The van der Waals surface area contributed by atoms with Gasteiger partial charge in [0.05, 0.1) is 27.1 Å². The number of halogens is 4. The number of rotatable bonds is 6. The van der Waals surface area contributed by atoms with Crippen LogP contribution in [-0.2, 0) is 20.9 Å². The minimum atomic E-state index is -4.62. The number of carbonyl (C=O) groups is 1. The molecule has 1 amide bonds. The molecule has 1 aliphatic rings. The monoisotopic (exact) mass is 476 g/mol. The number of ether oxygens (including phenoxy) is 1. The van der Waals surface area contributed by atoms with E-state index in [9.17, 15) is 26.4 Å². The van der Waals surface area contributed by atoms with Gasteiger partial charge in [-0.3, -0.25) is 9.52 Å². The summed E-state index contributed by atoms with van der Waals surface area (Å²) < 4.78 is 71.7. The molecule has 0 bridgehead atoms. The topological polar surface area (TPSA) is 75.7 Å². The van der Waals surface area contributed by atoms with Crippen LogP contribution in [-0.4, -0.2) is 45.5 Å². The van der Waals surface area contributed by atoms with Crippen LogP contribution in [0, 0.1) is 0 Å². The van der Waals surface area contributed by atoms with Crippen LogP contribution in [0.4, 0.5) is 18.9 Å². The first kappa shape index (κ1) is 23.4. The van der Waals surface area contributed by atoms with Crippen LogP contribution in [0.3, 0.4) is 0 Å².